The predicted octanol–water partition coefficient (Wildman–Crippen LogP) is 5.08. The molecule has 0 bridgehead atoms. The first kappa shape index (κ1) is 20.2. The van der Waals surface area contributed by atoms with Crippen LogP contribution >= 0.6 is 0 Å². The first-order valence-electron chi connectivity index (χ1n) is 8.71. The van der Waals surface area contributed by atoms with Crippen molar-refractivity contribution in [2.24, 2.45) is 0 Å². The average Bonchev–Trinajstić information content (AvgIpc) is 2.46. The number of aliphatic hydroxyl groups excluding tert-OH is 1. The molecular formula is C18H34O3. The number of carboxylic acid groups (broad SMARTS) is 1. The fraction of sp³-hybridized carbons (Fsp3) is 0.833. The lowest BCUT2D eigenvalue weighted by atomic mass is 10.1. The van der Waals surface area contributed by atoms with Crippen LogP contribution in [-0.4, -0.2) is 22.3 Å². The van der Waals surface area contributed by atoms with E-state index in [-0.39, 0.29) is 6.10 Å². The molecular weight excluding hydrogens is 264 g/mol. The van der Waals surface area contributed by atoms with Crippen LogP contribution < -0.4 is 0 Å². The van der Waals surface area contributed by atoms with Crippen molar-refractivity contribution in [3.05, 3.63) is 12.2 Å². The summed E-state index contributed by atoms with van der Waals surface area (Å²) in [4.78, 5) is 10.3. The Morgan fingerprint density at radius 2 is 1.43 bits per heavy atom. The molecule has 3 heteroatoms. The molecule has 0 fully saturated rings. The molecule has 0 radical (unpaired) electrons. The number of rotatable bonds is 15. The summed E-state index contributed by atoms with van der Waals surface area (Å²) < 4.78 is 0. The minimum atomic E-state index is -0.679. The number of carboxylic acids is 1. The Hall–Kier alpha value is -0.830. The van der Waals surface area contributed by atoms with Crippen LogP contribution in [0.15, 0.2) is 12.2 Å². The minimum absolute atomic E-state index is 0.101. The van der Waals surface area contributed by atoms with Crippen molar-refractivity contribution in [3.63, 3.8) is 0 Å². The van der Waals surface area contributed by atoms with E-state index in [2.05, 4.69) is 12.2 Å². The highest BCUT2D eigenvalue weighted by Gasteiger charge is 1.99. The van der Waals surface area contributed by atoms with E-state index >= 15 is 0 Å². The maximum atomic E-state index is 10.3. The molecule has 2 N–H and O–H groups in total. The van der Waals surface area contributed by atoms with Gasteiger partial charge in [0.2, 0.25) is 0 Å². The lowest BCUT2D eigenvalue weighted by Crippen LogP contribution is -2.03. The number of aliphatic hydroxyl groups is 1. The second-order valence-corrected chi connectivity index (χ2v) is 5.87. The zero-order valence-corrected chi connectivity index (χ0v) is 13.7. The number of allylic oxidation sites excluding steroid dienone is 2. The van der Waals surface area contributed by atoms with E-state index in [1.165, 1.54) is 25.7 Å². The average molecular weight is 298 g/mol. The third-order valence-corrected chi connectivity index (χ3v) is 3.81. The maximum Gasteiger partial charge on any atom is 0.303 e. The van der Waals surface area contributed by atoms with Gasteiger partial charge in [-0.3, -0.25) is 4.79 Å². The van der Waals surface area contributed by atoms with Crippen molar-refractivity contribution in [1.29, 1.82) is 0 Å². The monoisotopic (exact) mass is 298 g/mol. The van der Waals surface area contributed by atoms with Crippen LogP contribution in [0.3, 0.4) is 0 Å². The van der Waals surface area contributed by atoms with Gasteiger partial charge in [-0.25, -0.2) is 0 Å². The quantitative estimate of drug-likeness (QED) is 0.327. The Morgan fingerprint density at radius 1 is 0.905 bits per heavy atom. The van der Waals surface area contributed by atoms with Gasteiger partial charge in [0.05, 0.1) is 6.10 Å². The standard InChI is InChI=1S/C18H34O3/c1-2-17(19)15-13-11-9-7-5-3-4-6-8-10-12-14-16-18(20)21/h3,5,17,19H,2,4,6-16H2,1H3,(H,20,21)/b5-3-/t17-/m0/s1. The molecule has 3 nitrogen and oxygen atoms in total. The third kappa shape index (κ3) is 17.1. The van der Waals surface area contributed by atoms with E-state index in [0.717, 1.165) is 51.4 Å². The molecule has 0 spiro atoms. The number of unbranched alkanes of at least 4 members (excludes halogenated alkanes) is 8. The molecule has 1 atom stereocenters. The Kier molecular flexibility index (Phi) is 14.9. The molecule has 0 heterocycles. The van der Waals surface area contributed by atoms with E-state index in [9.17, 15) is 9.90 Å². The van der Waals surface area contributed by atoms with Crippen molar-refractivity contribution in [2.45, 2.75) is 96.5 Å². The summed E-state index contributed by atoms with van der Waals surface area (Å²) in [5.41, 5.74) is 0. The second-order valence-electron chi connectivity index (χ2n) is 5.87. The van der Waals surface area contributed by atoms with Crippen molar-refractivity contribution < 1.29 is 15.0 Å². The Balaban J connectivity index is 3.14. The summed E-state index contributed by atoms with van der Waals surface area (Å²) in [6.45, 7) is 2.03. The number of hydrogen-bond acceptors (Lipinski definition) is 2. The zero-order valence-electron chi connectivity index (χ0n) is 13.7. The van der Waals surface area contributed by atoms with Gasteiger partial charge in [0.15, 0.2) is 0 Å². The molecule has 0 aliphatic carbocycles. The molecule has 0 saturated heterocycles. The molecule has 0 aliphatic rings. The van der Waals surface area contributed by atoms with Gasteiger partial charge in [-0.2, -0.15) is 0 Å². The van der Waals surface area contributed by atoms with Crippen molar-refractivity contribution in [2.75, 3.05) is 0 Å². The lowest BCUT2D eigenvalue weighted by Gasteiger charge is -2.05. The molecule has 0 saturated carbocycles. The van der Waals surface area contributed by atoms with Gasteiger partial charge in [0, 0.05) is 6.42 Å². The maximum absolute atomic E-state index is 10.3. The Labute approximate surface area is 130 Å². The molecule has 124 valence electrons. The molecule has 0 aromatic carbocycles. The smallest absolute Gasteiger partial charge is 0.303 e. The van der Waals surface area contributed by atoms with Crippen molar-refractivity contribution in [3.8, 4) is 0 Å². The molecule has 21 heavy (non-hydrogen) atoms. The first-order chi connectivity index (χ1) is 10.2. The van der Waals surface area contributed by atoms with Gasteiger partial charge in [0.1, 0.15) is 0 Å². The normalized spacial score (nSPS) is 12.9. The Morgan fingerprint density at radius 3 is 2.00 bits per heavy atom. The molecule has 0 unspecified atom stereocenters. The second kappa shape index (κ2) is 15.6. The molecule has 0 aromatic rings. The summed E-state index contributed by atoms with van der Waals surface area (Å²) in [6.07, 6.45) is 17.9. The van der Waals surface area contributed by atoms with Gasteiger partial charge in [0.25, 0.3) is 0 Å². The summed E-state index contributed by atoms with van der Waals surface area (Å²) in [5, 5.41) is 17.9. The van der Waals surface area contributed by atoms with Crippen molar-refractivity contribution in [1.82, 2.24) is 0 Å². The van der Waals surface area contributed by atoms with Crippen LogP contribution in [0, 0.1) is 0 Å². The number of carbonyl (C=O) groups is 1. The van der Waals surface area contributed by atoms with Crippen LogP contribution in [0.1, 0.15) is 90.4 Å². The zero-order chi connectivity index (χ0) is 15.8. The van der Waals surface area contributed by atoms with Crippen LogP contribution in [-0.2, 0) is 4.79 Å². The van der Waals surface area contributed by atoms with Gasteiger partial charge >= 0.3 is 5.97 Å². The molecule has 0 amide bonds. The summed E-state index contributed by atoms with van der Waals surface area (Å²) in [5.74, 6) is -0.679. The topological polar surface area (TPSA) is 57.5 Å². The Bertz CT molecular complexity index is 261. The highest BCUT2D eigenvalue weighted by atomic mass is 16.4. The fourth-order valence-corrected chi connectivity index (χ4v) is 2.33. The molecule has 0 aliphatic heterocycles. The largest absolute Gasteiger partial charge is 0.481 e. The van der Waals surface area contributed by atoms with E-state index < -0.39 is 5.97 Å². The van der Waals surface area contributed by atoms with E-state index in [4.69, 9.17) is 5.11 Å². The van der Waals surface area contributed by atoms with Gasteiger partial charge in [-0.15, -0.1) is 0 Å². The molecule has 0 aromatic heterocycles. The highest BCUT2D eigenvalue weighted by molar-refractivity contribution is 5.66. The van der Waals surface area contributed by atoms with Crippen LogP contribution in [0.2, 0.25) is 0 Å². The SMILES string of the molecule is CC[C@H](O)CCCCC/C=C\CCCCCCCC(=O)O. The summed E-state index contributed by atoms with van der Waals surface area (Å²) in [6, 6.07) is 0. The molecule has 0 rings (SSSR count). The van der Waals surface area contributed by atoms with E-state index in [1.54, 1.807) is 0 Å². The van der Waals surface area contributed by atoms with Gasteiger partial charge < -0.3 is 10.2 Å². The summed E-state index contributed by atoms with van der Waals surface area (Å²) in [7, 11) is 0. The fourth-order valence-electron chi connectivity index (χ4n) is 2.33. The van der Waals surface area contributed by atoms with Gasteiger partial charge in [-0.1, -0.05) is 51.2 Å². The lowest BCUT2D eigenvalue weighted by molar-refractivity contribution is -0.137. The van der Waals surface area contributed by atoms with E-state index in [0.29, 0.717) is 6.42 Å². The predicted molar refractivity (Wildman–Crippen MR) is 88.5 cm³/mol. The van der Waals surface area contributed by atoms with Crippen LogP contribution in [0.5, 0.6) is 0 Å². The minimum Gasteiger partial charge on any atom is -0.481 e. The van der Waals surface area contributed by atoms with Crippen molar-refractivity contribution >= 4 is 5.97 Å². The van der Waals surface area contributed by atoms with Gasteiger partial charge in [-0.05, 0) is 44.9 Å². The van der Waals surface area contributed by atoms with Crippen LogP contribution in [0.25, 0.3) is 0 Å². The highest BCUT2D eigenvalue weighted by Crippen LogP contribution is 2.10. The number of hydrogen-bond donors (Lipinski definition) is 2. The number of aliphatic carboxylic acids is 1. The summed E-state index contributed by atoms with van der Waals surface area (Å²) >= 11 is 0. The third-order valence-electron chi connectivity index (χ3n) is 3.81. The van der Waals surface area contributed by atoms with Crippen LogP contribution in [0.4, 0.5) is 0 Å². The first-order valence-corrected chi connectivity index (χ1v) is 8.71. The van der Waals surface area contributed by atoms with E-state index in [1.807, 2.05) is 6.92 Å².